The molecule has 0 aliphatic heterocycles. The molecular weight excluding hydrogens is 387 g/mol. The molecule has 0 fully saturated rings. The Labute approximate surface area is 174 Å². The van der Waals surface area contributed by atoms with Crippen molar-refractivity contribution in [2.24, 2.45) is 0 Å². The highest BCUT2D eigenvalue weighted by Crippen LogP contribution is 2.50. The monoisotopic (exact) mass is 424 g/mol. The van der Waals surface area contributed by atoms with E-state index in [1.54, 1.807) is 12.1 Å². The molecule has 0 aliphatic rings. The van der Waals surface area contributed by atoms with Gasteiger partial charge in [0.1, 0.15) is 5.75 Å². The van der Waals surface area contributed by atoms with Gasteiger partial charge in [0.25, 0.3) is 0 Å². The number of fused-ring (bicyclic) bond motifs is 1. The Morgan fingerprint density at radius 3 is 1.90 bits per heavy atom. The number of aromatic amines is 1. The van der Waals surface area contributed by atoms with E-state index in [0.717, 1.165) is 11.1 Å². The molecular formula is C22H37N2O4P. The number of phosphoric ester groups is 1. The van der Waals surface area contributed by atoms with E-state index < -0.39 is 7.82 Å². The summed E-state index contributed by atoms with van der Waals surface area (Å²) in [5, 5.41) is 0.705. The van der Waals surface area contributed by atoms with E-state index in [-0.39, 0.29) is 27.8 Å². The normalized spacial score (nSPS) is 14.7. The number of hydrogen-bond acceptors (Lipinski definition) is 3. The van der Waals surface area contributed by atoms with Crippen LogP contribution >= 0.6 is 7.82 Å². The fraction of sp³-hybridized carbons (Fsp3) is 0.636. The Kier molecular flexibility index (Phi) is 5.88. The highest BCUT2D eigenvalue weighted by atomic mass is 31.2. The number of hydrogen-bond donors (Lipinski definition) is 3. The van der Waals surface area contributed by atoms with Crippen LogP contribution in [0.15, 0.2) is 24.4 Å². The lowest BCUT2D eigenvalue weighted by Crippen LogP contribution is -2.68. The Morgan fingerprint density at radius 1 is 0.931 bits per heavy atom. The molecule has 29 heavy (non-hydrogen) atoms. The molecule has 0 saturated carbocycles. The van der Waals surface area contributed by atoms with Crippen molar-refractivity contribution in [1.82, 2.24) is 9.88 Å². The van der Waals surface area contributed by atoms with Gasteiger partial charge in [0.15, 0.2) is 0 Å². The van der Waals surface area contributed by atoms with E-state index in [1.807, 2.05) is 12.3 Å². The van der Waals surface area contributed by atoms with Gasteiger partial charge in [-0.15, -0.1) is 0 Å². The average molecular weight is 425 g/mol. The van der Waals surface area contributed by atoms with Gasteiger partial charge >= 0.3 is 7.82 Å². The molecule has 2 rings (SSSR count). The first-order valence-electron chi connectivity index (χ1n) is 9.96. The summed E-state index contributed by atoms with van der Waals surface area (Å²) in [6.07, 6.45) is 1.93. The van der Waals surface area contributed by atoms with Gasteiger partial charge < -0.3 is 9.51 Å². The fourth-order valence-electron chi connectivity index (χ4n) is 5.14. The van der Waals surface area contributed by atoms with Crippen LogP contribution in [0.3, 0.4) is 0 Å². The van der Waals surface area contributed by atoms with Gasteiger partial charge in [0.05, 0.1) is 0 Å². The first-order valence-corrected chi connectivity index (χ1v) is 11.5. The Bertz CT molecular complexity index is 912. The molecule has 0 radical (unpaired) electrons. The maximum atomic E-state index is 11.5. The van der Waals surface area contributed by atoms with Crippen LogP contribution in [0.1, 0.15) is 74.8 Å². The number of H-pyrrole nitrogens is 1. The molecule has 0 spiro atoms. The zero-order chi connectivity index (χ0) is 22.6. The molecule has 7 heteroatoms. The second-order valence-corrected chi connectivity index (χ2v) is 12.0. The van der Waals surface area contributed by atoms with E-state index in [4.69, 9.17) is 4.52 Å². The summed E-state index contributed by atoms with van der Waals surface area (Å²) in [4.78, 5) is 24.6. The maximum Gasteiger partial charge on any atom is 0.524 e. The van der Waals surface area contributed by atoms with Crippen molar-refractivity contribution in [2.75, 3.05) is 0 Å². The van der Waals surface area contributed by atoms with Crippen molar-refractivity contribution in [3.8, 4) is 5.75 Å². The maximum absolute atomic E-state index is 11.5. The number of nitrogens with one attached hydrogen (secondary N) is 1. The Balaban J connectivity index is 2.75. The molecule has 0 unspecified atom stereocenters. The summed E-state index contributed by atoms with van der Waals surface area (Å²) in [6.45, 7) is 22.1. The zero-order valence-corrected chi connectivity index (χ0v) is 20.3. The van der Waals surface area contributed by atoms with Crippen LogP contribution in [0, 0.1) is 0 Å². The molecule has 164 valence electrons. The molecule has 1 aromatic heterocycles. The van der Waals surface area contributed by atoms with Crippen molar-refractivity contribution < 1.29 is 18.9 Å². The van der Waals surface area contributed by atoms with Gasteiger partial charge in [-0.1, -0.05) is 19.9 Å². The van der Waals surface area contributed by atoms with Gasteiger partial charge in [0, 0.05) is 39.1 Å². The Morgan fingerprint density at radius 2 is 1.45 bits per heavy atom. The van der Waals surface area contributed by atoms with Gasteiger partial charge in [-0.2, -0.15) is 0 Å². The highest BCUT2D eigenvalue weighted by molar-refractivity contribution is 7.46. The SMILES string of the molecule is CC(C)(C)N(C(C)(C)C)C(C)(C)C(C)(C)c1c[nH]c2cccc(OP(=O)(O)O)c12. The van der Waals surface area contributed by atoms with E-state index in [0.29, 0.717) is 5.39 Å². The van der Waals surface area contributed by atoms with Crippen molar-refractivity contribution in [3.05, 3.63) is 30.0 Å². The summed E-state index contributed by atoms with van der Waals surface area (Å²) >= 11 is 0. The van der Waals surface area contributed by atoms with Crippen molar-refractivity contribution in [2.45, 2.75) is 91.3 Å². The number of phosphoric acid groups is 1. The molecule has 2 aromatic rings. The van der Waals surface area contributed by atoms with Crippen LogP contribution in [-0.4, -0.2) is 36.3 Å². The smallest absolute Gasteiger partial charge is 0.404 e. The third-order valence-electron chi connectivity index (χ3n) is 5.99. The zero-order valence-electron chi connectivity index (χ0n) is 19.4. The molecule has 0 atom stereocenters. The number of rotatable bonds is 5. The van der Waals surface area contributed by atoms with Crippen LogP contribution < -0.4 is 4.52 Å². The van der Waals surface area contributed by atoms with Gasteiger partial charge in [-0.25, -0.2) is 4.57 Å². The predicted molar refractivity (Wildman–Crippen MR) is 119 cm³/mol. The second kappa shape index (κ2) is 7.12. The molecule has 3 N–H and O–H groups in total. The molecule has 0 saturated heterocycles. The van der Waals surface area contributed by atoms with Crippen LogP contribution in [0.2, 0.25) is 0 Å². The molecule has 0 amide bonds. The lowest BCUT2D eigenvalue weighted by atomic mass is 9.66. The van der Waals surface area contributed by atoms with E-state index >= 15 is 0 Å². The molecule has 1 heterocycles. The minimum absolute atomic E-state index is 0.101. The third-order valence-corrected chi connectivity index (χ3v) is 6.42. The van der Waals surface area contributed by atoms with Gasteiger partial charge in [0.2, 0.25) is 0 Å². The summed E-state index contributed by atoms with van der Waals surface area (Å²) in [6, 6.07) is 5.22. The number of nitrogens with zero attached hydrogens (tertiary/aromatic N) is 1. The van der Waals surface area contributed by atoms with Crippen LogP contribution in [-0.2, 0) is 9.98 Å². The van der Waals surface area contributed by atoms with Crippen LogP contribution in [0.25, 0.3) is 10.9 Å². The standard InChI is InChI=1S/C22H37N2O4P/c1-19(2,3)24(20(4,5)6)22(9,10)21(7,8)15-14-23-16-12-11-13-17(18(15)16)28-29(25,26)27/h11-14,23H,1-10H3,(H2,25,26,27). The van der Waals surface area contributed by atoms with Crippen molar-refractivity contribution >= 4 is 18.7 Å². The topological polar surface area (TPSA) is 85.8 Å². The first kappa shape index (κ1) is 23.9. The van der Waals surface area contributed by atoms with E-state index in [9.17, 15) is 14.4 Å². The first-order chi connectivity index (χ1) is 12.8. The highest BCUT2D eigenvalue weighted by Gasteiger charge is 2.51. The van der Waals surface area contributed by atoms with E-state index in [2.05, 4.69) is 79.1 Å². The number of benzene rings is 1. The number of aromatic nitrogens is 1. The van der Waals surface area contributed by atoms with Gasteiger partial charge in [-0.05, 0) is 73.1 Å². The quantitative estimate of drug-likeness (QED) is 0.545. The van der Waals surface area contributed by atoms with Crippen molar-refractivity contribution in [3.63, 3.8) is 0 Å². The molecule has 6 nitrogen and oxygen atoms in total. The predicted octanol–water partition coefficient (Wildman–Crippen LogP) is 5.59. The second-order valence-electron chi connectivity index (χ2n) is 10.8. The summed E-state index contributed by atoms with van der Waals surface area (Å²) in [5.41, 5.74) is 0.841. The largest absolute Gasteiger partial charge is 0.524 e. The summed E-state index contributed by atoms with van der Waals surface area (Å²) < 4.78 is 16.6. The minimum Gasteiger partial charge on any atom is -0.404 e. The van der Waals surface area contributed by atoms with Gasteiger partial charge in [-0.3, -0.25) is 14.7 Å². The fourth-order valence-corrected chi connectivity index (χ4v) is 5.55. The minimum atomic E-state index is -4.68. The third kappa shape index (κ3) is 4.56. The molecule has 1 aromatic carbocycles. The lowest BCUT2D eigenvalue weighted by Gasteiger charge is -2.60. The van der Waals surface area contributed by atoms with Crippen LogP contribution in [0.4, 0.5) is 0 Å². The molecule has 0 aliphatic carbocycles. The van der Waals surface area contributed by atoms with E-state index in [1.165, 1.54) is 0 Å². The summed E-state index contributed by atoms with van der Waals surface area (Å²) in [7, 11) is -4.68. The Hall–Kier alpha value is -1.33. The van der Waals surface area contributed by atoms with Crippen LogP contribution in [0.5, 0.6) is 5.75 Å². The molecule has 0 bridgehead atoms. The lowest BCUT2D eigenvalue weighted by molar-refractivity contribution is -0.0807. The average Bonchev–Trinajstić information content (AvgIpc) is 2.87. The van der Waals surface area contributed by atoms with Crippen molar-refractivity contribution in [1.29, 1.82) is 0 Å². The summed E-state index contributed by atoms with van der Waals surface area (Å²) in [5.74, 6) is 0.189.